The Morgan fingerprint density at radius 3 is 2.82 bits per heavy atom. The number of methoxy groups -OCH3 is 1. The van der Waals surface area contributed by atoms with Gasteiger partial charge in [0.1, 0.15) is 0 Å². The van der Waals surface area contributed by atoms with Crippen LogP contribution in [0.4, 0.5) is 5.69 Å². The SMILES string of the molecule is COC(C)CNCCc1ccccc1[N+](=O)[O-]. The molecule has 0 heterocycles. The first-order valence-electron chi connectivity index (χ1n) is 5.61. The van der Waals surface area contributed by atoms with E-state index >= 15 is 0 Å². The van der Waals surface area contributed by atoms with E-state index in [1.165, 1.54) is 6.07 Å². The summed E-state index contributed by atoms with van der Waals surface area (Å²) in [5, 5.41) is 14.0. The Labute approximate surface area is 101 Å². The zero-order valence-corrected chi connectivity index (χ0v) is 10.2. The number of hydrogen-bond acceptors (Lipinski definition) is 4. The van der Waals surface area contributed by atoms with Gasteiger partial charge in [-0.05, 0) is 19.9 Å². The Balaban J connectivity index is 2.44. The van der Waals surface area contributed by atoms with Crippen LogP contribution < -0.4 is 5.32 Å². The molecule has 0 saturated heterocycles. The summed E-state index contributed by atoms with van der Waals surface area (Å²) in [6.45, 7) is 3.42. The van der Waals surface area contributed by atoms with Crippen LogP contribution in [0.1, 0.15) is 12.5 Å². The molecule has 0 aliphatic carbocycles. The smallest absolute Gasteiger partial charge is 0.272 e. The van der Waals surface area contributed by atoms with Crippen molar-refractivity contribution < 1.29 is 9.66 Å². The third-order valence-electron chi connectivity index (χ3n) is 2.59. The highest BCUT2D eigenvalue weighted by Gasteiger charge is 2.11. The third-order valence-corrected chi connectivity index (χ3v) is 2.59. The van der Waals surface area contributed by atoms with Gasteiger partial charge in [-0.15, -0.1) is 0 Å². The Morgan fingerprint density at radius 1 is 1.47 bits per heavy atom. The molecule has 1 atom stereocenters. The lowest BCUT2D eigenvalue weighted by molar-refractivity contribution is -0.385. The summed E-state index contributed by atoms with van der Waals surface area (Å²) in [6, 6.07) is 6.83. The Kier molecular flexibility index (Phi) is 5.59. The lowest BCUT2D eigenvalue weighted by atomic mass is 10.1. The molecule has 1 rings (SSSR count). The summed E-state index contributed by atoms with van der Waals surface area (Å²) in [5.74, 6) is 0. The first kappa shape index (κ1) is 13.6. The zero-order valence-electron chi connectivity index (χ0n) is 10.2. The van der Waals surface area contributed by atoms with Crippen molar-refractivity contribution >= 4 is 5.69 Å². The first-order chi connectivity index (χ1) is 8.15. The molecule has 0 saturated carbocycles. The van der Waals surface area contributed by atoms with Gasteiger partial charge in [0.2, 0.25) is 0 Å². The highest BCUT2D eigenvalue weighted by Crippen LogP contribution is 2.17. The van der Waals surface area contributed by atoms with E-state index in [1.807, 2.05) is 13.0 Å². The lowest BCUT2D eigenvalue weighted by Gasteiger charge is -2.10. The van der Waals surface area contributed by atoms with Gasteiger partial charge in [-0.25, -0.2) is 0 Å². The van der Waals surface area contributed by atoms with Crippen LogP contribution in [0.5, 0.6) is 0 Å². The molecule has 0 spiro atoms. The maximum Gasteiger partial charge on any atom is 0.272 e. The molecule has 1 unspecified atom stereocenters. The third kappa shape index (κ3) is 4.50. The number of benzene rings is 1. The number of ether oxygens (including phenoxy) is 1. The van der Waals surface area contributed by atoms with Crippen molar-refractivity contribution in [2.45, 2.75) is 19.4 Å². The van der Waals surface area contributed by atoms with Gasteiger partial charge in [0.15, 0.2) is 0 Å². The fourth-order valence-corrected chi connectivity index (χ4v) is 1.51. The van der Waals surface area contributed by atoms with E-state index in [-0.39, 0.29) is 16.7 Å². The lowest BCUT2D eigenvalue weighted by Crippen LogP contribution is -2.27. The summed E-state index contributed by atoms with van der Waals surface area (Å²) in [4.78, 5) is 10.4. The first-order valence-corrected chi connectivity index (χ1v) is 5.61. The number of rotatable bonds is 7. The van der Waals surface area contributed by atoms with Crippen molar-refractivity contribution in [2.24, 2.45) is 0 Å². The van der Waals surface area contributed by atoms with Crippen molar-refractivity contribution in [3.8, 4) is 0 Å². The van der Waals surface area contributed by atoms with Crippen LogP contribution in [0.15, 0.2) is 24.3 Å². The van der Waals surface area contributed by atoms with E-state index in [4.69, 9.17) is 4.74 Å². The topological polar surface area (TPSA) is 64.4 Å². The van der Waals surface area contributed by atoms with Crippen molar-refractivity contribution in [1.29, 1.82) is 0 Å². The van der Waals surface area contributed by atoms with E-state index in [1.54, 1.807) is 19.2 Å². The summed E-state index contributed by atoms with van der Waals surface area (Å²) >= 11 is 0. The van der Waals surface area contributed by atoms with Crippen LogP contribution in [0.25, 0.3) is 0 Å². The maximum absolute atomic E-state index is 10.8. The minimum Gasteiger partial charge on any atom is -0.380 e. The van der Waals surface area contributed by atoms with Gasteiger partial charge < -0.3 is 10.1 Å². The quantitative estimate of drug-likeness (QED) is 0.446. The molecule has 1 N–H and O–H groups in total. The molecule has 0 bridgehead atoms. The number of hydrogen-bond donors (Lipinski definition) is 1. The van der Waals surface area contributed by atoms with Crippen molar-refractivity contribution in [2.75, 3.05) is 20.2 Å². The zero-order chi connectivity index (χ0) is 12.7. The predicted octanol–water partition coefficient (Wildman–Crippen LogP) is 1.76. The largest absolute Gasteiger partial charge is 0.380 e. The predicted molar refractivity (Wildman–Crippen MR) is 66.1 cm³/mol. The van der Waals surface area contributed by atoms with Gasteiger partial charge in [0.05, 0.1) is 11.0 Å². The Bertz CT molecular complexity index is 369. The molecule has 0 aliphatic heterocycles. The molecule has 94 valence electrons. The van der Waals surface area contributed by atoms with E-state index in [2.05, 4.69) is 5.32 Å². The van der Waals surface area contributed by atoms with E-state index in [0.29, 0.717) is 13.0 Å². The molecular weight excluding hydrogens is 220 g/mol. The molecule has 0 radical (unpaired) electrons. The molecule has 0 amide bonds. The maximum atomic E-state index is 10.8. The standard InChI is InChI=1S/C12H18N2O3/c1-10(17-2)9-13-8-7-11-5-3-4-6-12(11)14(15)16/h3-6,10,13H,7-9H2,1-2H3. The number of nitrogens with one attached hydrogen (secondary N) is 1. The molecule has 0 aromatic heterocycles. The summed E-state index contributed by atoms with van der Waals surface area (Å²) in [6.07, 6.45) is 0.800. The van der Waals surface area contributed by atoms with E-state index in [9.17, 15) is 10.1 Å². The van der Waals surface area contributed by atoms with Gasteiger partial charge in [0.25, 0.3) is 5.69 Å². The van der Waals surface area contributed by atoms with Gasteiger partial charge >= 0.3 is 0 Å². The molecule has 1 aromatic rings. The second-order valence-corrected chi connectivity index (χ2v) is 3.89. The van der Waals surface area contributed by atoms with E-state index in [0.717, 1.165) is 12.1 Å². The molecule has 5 nitrogen and oxygen atoms in total. The monoisotopic (exact) mass is 238 g/mol. The van der Waals surface area contributed by atoms with E-state index < -0.39 is 0 Å². The summed E-state index contributed by atoms with van der Waals surface area (Å²) < 4.78 is 5.09. The number of nitro groups is 1. The summed E-state index contributed by atoms with van der Waals surface area (Å²) in [7, 11) is 1.66. The second-order valence-electron chi connectivity index (χ2n) is 3.89. The van der Waals surface area contributed by atoms with Gasteiger partial charge in [0, 0.05) is 25.3 Å². The normalized spacial score (nSPS) is 12.4. The van der Waals surface area contributed by atoms with Crippen LogP contribution >= 0.6 is 0 Å². The summed E-state index contributed by atoms with van der Waals surface area (Å²) in [5.41, 5.74) is 0.948. The number of nitro benzene ring substituents is 1. The van der Waals surface area contributed by atoms with Crippen molar-refractivity contribution in [3.63, 3.8) is 0 Å². The average Bonchev–Trinajstić information content (AvgIpc) is 2.34. The van der Waals surface area contributed by atoms with Crippen LogP contribution in [0, 0.1) is 10.1 Å². The number of para-hydroxylation sites is 1. The van der Waals surface area contributed by atoms with Crippen LogP contribution in [0.3, 0.4) is 0 Å². The molecule has 0 aliphatic rings. The molecule has 17 heavy (non-hydrogen) atoms. The van der Waals surface area contributed by atoms with Gasteiger partial charge in [-0.2, -0.15) is 0 Å². The Hall–Kier alpha value is -1.46. The van der Waals surface area contributed by atoms with Crippen LogP contribution in [0.2, 0.25) is 0 Å². The molecule has 1 aromatic carbocycles. The van der Waals surface area contributed by atoms with Crippen LogP contribution in [-0.2, 0) is 11.2 Å². The highest BCUT2D eigenvalue weighted by atomic mass is 16.6. The molecule has 0 fully saturated rings. The minimum absolute atomic E-state index is 0.153. The molecule has 5 heteroatoms. The number of nitrogens with zero attached hydrogens (tertiary/aromatic N) is 1. The second kappa shape index (κ2) is 6.98. The van der Waals surface area contributed by atoms with Gasteiger partial charge in [-0.3, -0.25) is 10.1 Å². The Morgan fingerprint density at radius 2 is 2.18 bits per heavy atom. The van der Waals surface area contributed by atoms with Crippen LogP contribution in [-0.4, -0.2) is 31.2 Å². The average molecular weight is 238 g/mol. The van der Waals surface area contributed by atoms with Crippen molar-refractivity contribution in [1.82, 2.24) is 5.32 Å². The highest BCUT2D eigenvalue weighted by molar-refractivity contribution is 5.39. The van der Waals surface area contributed by atoms with Crippen molar-refractivity contribution in [3.05, 3.63) is 39.9 Å². The minimum atomic E-state index is -0.340. The fourth-order valence-electron chi connectivity index (χ4n) is 1.51. The molecular formula is C12H18N2O3. The van der Waals surface area contributed by atoms with Gasteiger partial charge in [-0.1, -0.05) is 18.2 Å². The fraction of sp³-hybridized carbons (Fsp3) is 0.500.